The van der Waals surface area contributed by atoms with Gasteiger partial charge in [-0.15, -0.1) is 11.3 Å². The van der Waals surface area contributed by atoms with Crippen molar-refractivity contribution in [2.75, 3.05) is 18.0 Å². The highest BCUT2D eigenvalue weighted by molar-refractivity contribution is 7.16. The van der Waals surface area contributed by atoms with Crippen LogP contribution in [0.3, 0.4) is 0 Å². The van der Waals surface area contributed by atoms with Crippen molar-refractivity contribution in [3.63, 3.8) is 0 Å². The number of nitrogens with zero attached hydrogens (tertiary/aromatic N) is 3. The first kappa shape index (κ1) is 15.8. The van der Waals surface area contributed by atoms with Crippen LogP contribution < -0.4 is 10.2 Å². The fourth-order valence-electron chi connectivity index (χ4n) is 3.90. The normalized spacial score (nSPS) is 27.0. The van der Waals surface area contributed by atoms with Crippen LogP contribution in [0, 0.1) is 5.92 Å². The highest BCUT2D eigenvalue weighted by Crippen LogP contribution is 2.32. The van der Waals surface area contributed by atoms with Crippen molar-refractivity contribution in [1.82, 2.24) is 15.3 Å². The molecule has 2 aliphatic rings. The summed E-state index contributed by atoms with van der Waals surface area (Å²) in [6.07, 6.45) is 6.04. The predicted molar refractivity (Wildman–Crippen MR) is 94.1 cm³/mol. The summed E-state index contributed by atoms with van der Waals surface area (Å²) in [5.74, 6) is 1.11. The van der Waals surface area contributed by atoms with E-state index in [0.29, 0.717) is 6.54 Å². The largest absolute Gasteiger partial charge is 0.393 e. The number of fused-ring (bicyclic) bond motifs is 1. The maximum atomic E-state index is 12.7. The van der Waals surface area contributed by atoms with Gasteiger partial charge in [0.05, 0.1) is 11.5 Å². The third-order valence-electron chi connectivity index (χ3n) is 5.23. The van der Waals surface area contributed by atoms with Crippen LogP contribution in [0.1, 0.15) is 32.1 Å². The van der Waals surface area contributed by atoms with Gasteiger partial charge < -0.3 is 15.3 Å². The summed E-state index contributed by atoms with van der Waals surface area (Å²) < 4.78 is 0. The van der Waals surface area contributed by atoms with Gasteiger partial charge in [0, 0.05) is 19.0 Å². The van der Waals surface area contributed by atoms with Crippen molar-refractivity contribution in [3.8, 4) is 0 Å². The number of amides is 1. The first-order valence-corrected chi connectivity index (χ1v) is 9.52. The SMILES string of the molecule is O=C(NCC1CCCC1O)C1CCCN1c1ncnc2sccc12. The summed E-state index contributed by atoms with van der Waals surface area (Å²) in [7, 11) is 0. The van der Waals surface area contributed by atoms with Crippen molar-refractivity contribution in [3.05, 3.63) is 17.8 Å². The Morgan fingerprint density at radius 1 is 1.33 bits per heavy atom. The third kappa shape index (κ3) is 2.86. The van der Waals surface area contributed by atoms with E-state index in [1.807, 2.05) is 11.4 Å². The first-order chi connectivity index (χ1) is 11.7. The zero-order chi connectivity index (χ0) is 16.5. The molecule has 24 heavy (non-hydrogen) atoms. The number of aromatic nitrogens is 2. The Labute approximate surface area is 144 Å². The number of nitrogens with one attached hydrogen (secondary N) is 1. The average Bonchev–Trinajstić information content (AvgIpc) is 3.32. The molecule has 7 heteroatoms. The molecule has 1 aliphatic heterocycles. The maximum Gasteiger partial charge on any atom is 0.242 e. The second-order valence-corrected chi connectivity index (χ2v) is 7.59. The lowest BCUT2D eigenvalue weighted by Gasteiger charge is -2.26. The Balaban J connectivity index is 1.48. The van der Waals surface area contributed by atoms with Gasteiger partial charge in [-0.1, -0.05) is 6.42 Å². The molecule has 2 fully saturated rings. The molecule has 6 nitrogen and oxygen atoms in total. The molecule has 1 saturated carbocycles. The maximum absolute atomic E-state index is 12.7. The van der Waals surface area contributed by atoms with E-state index in [4.69, 9.17) is 0 Å². The highest BCUT2D eigenvalue weighted by atomic mass is 32.1. The highest BCUT2D eigenvalue weighted by Gasteiger charge is 2.33. The van der Waals surface area contributed by atoms with Crippen molar-refractivity contribution in [1.29, 1.82) is 0 Å². The Bertz CT molecular complexity index is 734. The lowest BCUT2D eigenvalue weighted by Crippen LogP contribution is -2.45. The molecule has 0 bridgehead atoms. The monoisotopic (exact) mass is 346 g/mol. The summed E-state index contributed by atoms with van der Waals surface area (Å²) >= 11 is 1.59. The van der Waals surface area contributed by atoms with Crippen molar-refractivity contribution >= 4 is 33.3 Å². The summed E-state index contributed by atoms with van der Waals surface area (Å²) in [6.45, 7) is 1.41. The number of aliphatic hydroxyl groups excluding tert-OH is 1. The number of carbonyl (C=O) groups is 1. The van der Waals surface area contributed by atoms with E-state index in [0.717, 1.165) is 54.7 Å². The summed E-state index contributed by atoms with van der Waals surface area (Å²) in [5, 5.41) is 16.0. The minimum absolute atomic E-state index is 0.0496. The van der Waals surface area contributed by atoms with Gasteiger partial charge in [0.2, 0.25) is 5.91 Å². The summed E-state index contributed by atoms with van der Waals surface area (Å²) in [4.78, 5) is 24.5. The number of hydrogen-bond acceptors (Lipinski definition) is 6. The minimum atomic E-state index is -0.266. The second kappa shape index (κ2) is 6.64. The van der Waals surface area contributed by atoms with E-state index < -0.39 is 0 Å². The van der Waals surface area contributed by atoms with E-state index in [-0.39, 0.29) is 24.0 Å². The number of rotatable bonds is 4. The van der Waals surface area contributed by atoms with Crippen LogP contribution in [-0.4, -0.2) is 46.2 Å². The minimum Gasteiger partial charge on any atom is -0.393 e. The number of aliphatic hydroxyl groups is 1. The zero-order valence-corrected chi connectivity index (χ0v) is 14.3. The van der Waals surface area contributed by atoms with E-state index in [9.17, 15) is 9.90 Å². The smallest absolute Gasteiger partial charge is 0.242 e. The molecule has 0 spiro atoms. The second-order valence-electron chi connectivity index (χ2n) is 6.69. The molecule has 3 unspecified atom stereocenters. The van der Waals surface area contributed by atoms with Crippen LogP contribution in [-0.2, 0) is 4.79 Å². The molecule has 0 aromatic carbocycles. The first-order valence-electron chi connectivity index (χ1n) is 8.64. The predicted octanol–water partition coefficient (Wildman–Crippen LogP) is 1.94. The standard InChI is InChI=1S/C17H22N4O2S/c22-14-5-1-3-11(14)9-18-16(23)13-4-2-7-21(13)15-12-6-8-24-17(12)20-10-19-15/h6,8,10-11,13-14,22H,1-5,7,9H2,(H,18,23). The molecule has 2 aromatic rings. The van der Waals surface area contributed by atoms with Crippen LogP contribution in [0.4, 0.5) is 5.82 Å². The van der Waals surface area contributed by atoms with Gasteiger partial charge in [0.15, 0.2) is 0 Å². The fourth-order valence-corrected chi connectivity index (χ4v) is 4.63. The van der Waals surface area contributed by atoms with E-state index >= 15 is 0 Å². The van der Waals surface area contributed by atoms with E-state index in [2.05, 4.69) is 20.2 Å². The number of hydrogen-bond donors (Lipinski definition) is 2. The molecule has 1 saturated heterocycles. The van der Waals surface area contributed by atoms with Gasteiger partial charge >= 0.3 is 0 Å². The van der Waals surface area contributed by atoms with Crippen LogP contribution in [0.25, 0.3) is 10.2 Å². The van der Waals surface area contributed by atoms with Crippen molar-refractivity contribution in [2.24, 2.45) is 5.92 Å². The quantitative estimate of drug-likeness (QED) is 0.884. The van der Waals surface area contributed by atoms with Gasteiger partial charge in [0.25, 0.3) is 0 Å². The molecule has 2 aromatic heterocycles. The third-order valence-corrected chi connectivity index (χ3v) is 6.05. The lowest BCUT2D eigenvalue weighted by molar-refractivity contribution is -0.122. The molecule has 1 aliphatic carbocycles. The Kier molecular flexibility index (Phi) is 4.37. The molecule has 0 radical (unpaired) electrons. The van der Waals surface area contributed by atoms with Gasteiger partial charge in [-0.2, -0.15) is 0 Å². The van der Waals surface area contributed by atoms with E-state index in [1.54, 1.807) is 17.7 Å². The Hall–Kier alpha value is -1.73. The van der Waals surface area contributed by atoms with Gasteiger partial charge in [-0.05, 0) is 37.1 Å². The molecule has 1 amide bonds. The van der Waals surface area contributed by atoms with Crippen molar-refractivity contribution < 1.29 is 9.90 Å². The van der Waals surface area contributed by atoms with E-state index in [1.165, 1.54) is 0 Å². The molecule has 3 heterocycles. The number of thiophene rings is 1. The number of carbonyl (C=O) groups excluding carboxylic acids is 1. The molecular weight excluding hydrogens is 324 g/mol. The topological polar surface area (TPSA) is 78.4 Å². The molecule has 2 N–H and O–H groups in total. The molecule has 3 atom stereocenters. The van der Waals surface area contributed by atoms with Crippen LogP contribution in [0.2, 0.25) is 0 Å². The van der Waals surface area contributed by atoms with Crippen LogP contribution in [0.15, 0.2) is 17.8 Å². The van der Waals surface area contributed by atoms with Crippen molar-refractivity contribution in [2.45, 2.75) is 44.2 Å². The van der Waals surface area contributed by atoms with Gasteiger partial charge in [-0.25, -0.2) is 9.97 Å². The molecule has 4 rings (SSSR count). The zero-order valence-electron chi connectivity index (χ0n) is 13.5. The van der Waals surface area contributed by atoms with Gasteiger partial charge in [-0.3, -0.25) is 4.79 Å². The average molecular weight is 346 g/mol. The molecular formula is C17H22N4O2S. The number of anilines is 1. The van der Waals surface area contributed by atoms with Crippen LogP contribution in [0.5, 0.6) is 0 Å². The Morgan fingerprint density at radius 3 is 3.08 bits per heavy atom. The lowest BCUT2D eigenvalue weighted by atomic mass is 10.1. The molecule has 128 valence electrons. The van der Waals surface area contributed by atoms with Gasteiger partial charge in [0.1, 0.15) is 23.0 Å². The summed E-state index contributed by atoms with van der Waals surface area (Å²) in [5.41, 5.74) is 0. The summed E-state index contributed by atoms with van der Waals surface area (Å²) in [6, 6.07) is 1.85. The Morgan fingerprint density at radius 2 is 2.25 bits per heavy atom. The fraction of sp³-hybridized carbons (Fsp3) is 0.588. The van der Waals surface area contributed by atoms with Crippen LogP contribution >= 0.6 is 11.3 Å².